The minimum Gasteiger partial charge on any atom is -0.266 e. The van der Waals surface area contributed by atoms with Crippen LogP contribution in [-0.2, 0) is 0 Å². The predicted octanol–water partition coefficient (Wildman–Crippen LogP) is -0.438. The molecule has 9 heteroatoms. The van der Waals surface area contributed by atoms with E-state index in [-0.39, 0.29) is 11.4 Å². The van der Waals surface area contributed by atoms with Gasteiger partial charge in [0.15, 0.2) is 0 Å². The first-order valence-corrected chi connectivity index (χ1v) is 4.83. The topological polar surface area (TPSA) is 117 Å². The number of hydrazine groups is 1. The standard InChI is InChI=1S/C4H3N9.C3H8/c5-1-6-2-8-9-4-11-12-10-3(7-1)13(2)4;1-3-2/h(H3,5,6,7,8,9,10,11);3H2,1-2H3. The Morgan fingerprint density at radius 1 is 1.12 bits per heavy atom. The summed E-state index contributed by atoms with van der Waals surface area (Å²) in [7, 11) is 0. The molecule has 2 aromatic heterocycles. The van der Waals surface area contributed by atoms with Crippen molar-refractivity contribution in [2.45, 2.75) is 20.3 Å². The molecule has 0 saturated heterocycles. The Kier molecular flexibility index (Phi) is 2.58. The van der Waals surface area contributed by atoms with Crippen LogP contribution in [0.4, 0.5) is 11.9 Å². The molecule has 84 valence electrons. The average molecular weight is 221 g/mol. The van der Waals surface area contributed by atoms with Crippen molar-refractivity contribution in [3.05, 3.63) is 5.62 Å². The molecule has 3 heterocycles. The predicted molar refractivity (Wildman–Crippen MR) is 55.4 cm³/mol. The lowest BCUT2D eigenvalue weighted by Crippen LogP contribution is -2.16. The van der Waals surface area contributed by atoms with E-state index in [2.05, 4.69) is 50.1 Å². The van der Waals surface area contributed by atoms with E-state index in [9.17, 15) is 0 Å². The summed E-state index contributed by atoms with van der Waals surface area (Å²) in [5.41, 5.74) is 5.31. The summed E-state index contributed by atoms with van der Waals surface area (Å²) in [5, 5.41) is 18.1. The van der Waals surface area contributed by atoms with Gasteiger partial charge in [-0.2, -0.15) is 9.97 Å². The fourth-order valence-electron chi connectivity index (χ4n) is 1.10. The maximum Gasteiger partial charge on any atom is 0.264 e. The first-order valence-electron chi connectivity index (χ1n) is 4.83. The third kappa shape index (κ3) is 1.62. The van der Waals surface area contributed by atoms with Crippen LogP contribution in [0.25, 0.3) is 5.78 Å². The molecule has 0 atom stereocenters. The number of rotatable bonds is 0. The fraction of sp³-hybridized carbons (Fsp3) is 0.429. The lowest BCUT2D eigenvalue weighted by Gasteiger charge is -1.95. The first-order chi connectivity index (χ1) is 7.76. The zero-order valence-electron chi connectivity index (χ0n) is 8.89. The zero-order valence-corrected chi connectivity index (χ0v) is 8.89. The van der Waals surface area contributed by atoms with E-state index < -0.39 is 0 Å². The second-order valence-electron chi connectivity index (χ2n) is 3.08. The zero-order chi connectivity index (χ0) is 11.5. The van der Waals surface area contributed by atoms with E-state index in [1.165, 1.54) is 10.8 Å². The highest BCUT2D eigenvalue weighted by atomic mass is 15.6. The van der Waals surface area contributed by atoms with E-state index in [4.69, 9.17) is 5.41 Å². The summed E-state index contributed by atoms with van der Waals surface area (Å²) >= 11 is 0. The molecule has 3 rings (SSSR count). The van der Waals surface area contributed by atoms with Crippen LogP contribution in [0.5, 0.6) is 0 Å². The van der Waals surface area contributed by atoms with Crippen LogP contribution >= 0.6 is 0 Å². The van der Waals surface area contributed by atoms with E-state index in [0.717, 1.165) is 0 Å². The van der Waals surface area contributed by atoms with Gasteiger partial charge in [0.2, 0.25) is 11.6 Å². The van der Waals surface area contributed by atoms with Crippen LogP contribution in [0, 0.1) is 5.41 Å². The highest BCUT2D eigenvalue weighted by Gasteiger charge is 2.15. The highest BCUT2D eigenvalue weighted by molar-refractivity contribution is 5.53. The molecular formula is C7H11N9. The van der Waals surface area contributed by atoms with Gasteiger partial charge in [-0.3, -0.25) is 16.3 Å². The molecule has 1 aliphatic heterocycles. The molecule has 1 aliphatic rings. The second kappa shape index (κ2) is 4.04. The Hall–Kier alpha value is -2.32. The molecule has 0 bridgehead atoms. The lowest BCUT2D eigenvalue weighted by atomic mass is 10.6. The van der Waals surface area contributed by atoms with Gasteiger partial charge in [0.25, 0.3) is 11.7 Å². The average Bonchev–Trinajstić information content (AvgIpc) is 2.64. The van der Waals surface area contributed by atoms with Crippen LogP contribution < -0.4 is 16.5 Å². The van der Waals surface area contributed by atoms with Gasteiger partial charge in [-0.05, 0) is 5.21 Å². The van der Waals surface area contributed by atoms with E-state index >= 15 is 0 Å². The first kappa shape index (κ1) is 10.2. The minimum atomic E-state index is -0.113. The Balaban J connectivity index is 0.000000292. The largest absolute Gasteiger partial charge is 0.266 e. The van der Waals surface area contributed by atoms with E-state index in [1.54, 1.807) is 0 Å². The fourth-order valence-corrected chi connectivity index (χ4v) is 1.10. The quantitative estimate of drug-likeness (QED) is 0.552. The van der Waals surface area contributed by atoms with Crippen molar-refractivity contribution in [3.63, 3.8) is 0 Å². The third-order valence-electron chi connectivity index (χ3n) is 1.60. The number of hydrogen-bond donors (Lipinski definition) is 3. The third-order valence-corrected chi connectivity index (χ3v) is 1.60. The van der Waals surface area contributed by atoms with Crippen LogP contribution in [0.2, 0.25) is 0 Å². The maximum absolute atomic E-state index is 7.25. The van der Waals surface area contributed by atoms with Crippen LogP contribution in [0.15, 0.2) is 0 Å². The Bertz CT molecular complexity index is 559. The van der Waals surface area contributed by atoms with E-state index in [0.29, 0.717) is 11.9 Å². The summed E-state index contributed by atoms with van der Waals surface area (Å²) in [6.45, 7) is 4.25. The molecule has 0 radical (unpaired) electrons. The van der Waals surface area contributed by atoms with Crippen molar-refractivity contribution < 1.29 is 0 Å². The van der Waals surface area contributed by atoms with Crippen LogP contribution in [0.3, 0.4) is 0 Å². The van der Waals surface area contributed by atoms with Crippen molar-refractivity contribution in [1.29, 1.82) is 5.41 Å². The molecular weight excluding hydrogens is 210 g/mol. The summed E-state index contributed by atoms with van der Waals surface area (Å²) in [6.07, 6.45) is 1.25. The molecule has 3 N–H and O–H groups in total. The van der Waals surface area contributed by atoms with Crippen molar-refractivity contribution in [1.82, 2.24) is 29.8 Å². The number of anilines is 2. The van der Waals surface area contributed by atoms with Crippen LogP contribution in [-0.4, -0.2) is 29.8 Å². The van der Waals surface area contributed by atoms with Gasteiger partial charge >= 0.3 is 0 Å². The van der Waals surface area contributed by atoms with Gasteiger partial charge < -0.3 is 0 Å². The Morgan fingerprint density at radius 2 is 1.81 bits per heavy atom. The summed E-state index contributed by atoms with van der Waals surface area (Å²) in [6, 6.07) is 0. The van der Waals surface area contributed by atoms with Crippen molar-refractivity contribution in [2.24, 2.45) is 0 Å². The van der Waals surface area contributed by atoms with E-state index in [1.807, 2.05) is 0 Å². The van der Waals surface area contributed by atoms with Gasteiger partial charge in [-0.15, -0.1) is 0 Å². The van der Waals surface area contributed by atoms with Crippen molar-refractivity contribution >= 4 is 17.7 Å². The SMILES string of the molecule is CCC.N=c1nc2n3c(nnnc3n1)NN2. The molecule has 2 aromatic rings. The summed E-state index contributed by atoms with van der Waals surface area (Å²) in [5.74, 6) is 1.19. The molecule has 9 nitrogen and oxygen atoms in total. The number of aromatic nitrogens is 6. The number of hydrogen-bond acceptors (Lipinski definition) is 8. The van der Waals surface area contributed by atoms with Gasteiger partial charge in [0, 0.05) is 0 Å². The normalized spacial score (nSPS) is 11.4. The van der Waals surface area contributed by atoms with Crippen molar-refractivity contribution in [2.75, 3.05) is 10.9 Å². The number of nitrogens with one attached hydrogen (secondary N) is 3. The lowest BCUT2D eigenvalue weighted by molar-refractivity contribution is 0.802. The summed E-state index contributed by atoms with van der Waals surface area (Å²) in [4.78, 5) is 7.57. The Morgan fingerprint density at radius 3 is 2.56 bits per heavy atom. The monoisotopic (exact) mass is 221 g/mol. The summed E-state index contributed by atoms with van der Waals surface area (Å²) < 4.78 is 1.53. The second-order valence-corrected chi connectivity index (χ2v) is 3.08. The molecule has 0 amide bonds. The molecule has 0 unspecified atom stereocenters. The van der Waals surface area contributed by atoms with Gasteiger partial charge in [0.05, 0.1) is 0 Å². The maximum atomic E-state index is 7.25. The highest BCUT2D eigenvalue weighted by Crippen LogP contribution is 2.13. The van der Waals surface area contributed by atoms with Gasteiger partial charge in [-0.1, -0.05) is 30.5 Å². The molecule has 0 aliphatic carbocycles. The number of nitrogens with zero attached hydrogens (tertiary/aromatic N) is 6. The smallest absolute Gasteiger partial charge is 0.264 e. The Labute approximate surface area is 90.4 Å². The van der Waals surface area contributed by atoms with Gasteiger partial charge in [-0.25, -0.2) is 4.40 Å². The van der Waals surface area contributed by atoms with Gasteiger partial charge in [0.1, 0.15) is 0 Å². The van der Waals surface area contributed by atoms with Crippen molar-refractivity contribution in [3.8, 4) is 0 Å². The molecule has 0 spiro atoms. The minimum absolute atomic E-state index is 0.113. The molecule has 16 heavy (non-hydrogen) atoms. The molecule has 0 saturated carbocycles. The molecule has 0 fully saturated rings. The van der Waals surface area contributed by atoms with Crippen LogP contribution in [0.1, 0.15) is 20.3 Å². The molecule has 0 aromatic carbocycles.